The standard InChI is InChI=1S/C23H33N3O5S2/c1-14(2)31-22(28)25-16-8-6-15(7-9-16)21-24-13-19(32-21)18-11-10-17(27)12-20(18)33(29,30)26-23(3,4)5/h10-16,26-27H,6-9H2,1-5H3,(H,25,28). The molecule has 2 aromatic rings. The largest absolute Gasteiger partial charge is 0.508 e. The summed E-state index contributed by atoms with van der Waals surface area (Å²) in [5, 5.41) is 13.8. The summed E-state index contributed by atoms with van der Waals surface area (Å²) in [4.78, 5) is 17.2. The number of phenols is 1. The molecule has 0 radical (unpaired) electrons. The molecule has 10 heteroatoms. The smallest absolute Gasteiger partial charge is 0.407 e. The van der Waals surface area contributed by atoms with Crippen LogP contribution >= 0.6 is 11.3 Å². The van der Waals surface area contributed by atoms with Gasteiger partial charge in [0, 0.05) is 35.3 Å². The zero-order chi connectivity index (χ0) is 24.4. The summed E-state index contributed by atoms with van der Waals surface area (Å²) in [5.41, 5.74) is -0.144. The van der Waals surface area contributed by atoms with Crippen molar-refractivity contribution in [3.63, 3.8) is 0 Å². The van der Waals surface area contributed by atoms with Crippen molar-refractivity contribution in [2.24, 2.45) is 0 Å². The molecule has 182 valence electrons. The number of ether oxygens (including phenoxy) is 1. The summed E-state index contributed by atoms with van der Waals surface area (Å²) in [6, 6.07) is 4.46. The van der Waals surface area contributed by atoms with Gasteiger partial charge in [-0.15, -0.1) is 11.3 Å². The SMILES string of the molecule is CC(C)OC(=O)NC1CCC(c2ncc(-c3ccc(O)cc3S(=O)(=O)NC(C)(C)C)s2)CC1. The highest BCUT2D eigenvalue weighted by molar-refractivity contribution is 7.89. The molecule has 0 saturated heterocycles. The average molecular weight is 496 g/mol. The lowest BCUT2D eigenvalue weighted by molar-refractivity contribution is 0.109. The van der Waals surface area contributed by atoms with E-state index in [2.05, 4.69) is 15.0 Å². The number of phenolic OH excluding ortho intramolecular Hbond substituents is 1. The molecular weight excluding hydrogens is 462 g/mol. The number of benzene rings is 1. The number of aromatic hydroxyl groups is 1. The van der Waals surface area contributed by atoms with Gasteiger partial charge in [0.2, 0.25) is 10.0 Å². The fraction of sp³-hybridized carbons (Fsp3) is 0.565. The van der Waals surface area contributed by atoms with E-state index < -0.39 is 15.6 Å². The van der Waals surface area contributed by atoms with Crippen LogP contribution in [0.1, 0.15) is 71.2 Å². The molecular formula is C23H33N3O5S2. The molecule has 1 aliphatic carbocycles. The Balaban J connectivity index is 1.75. The number of hydrogen-bond donors (Lipinski definition) is 3. The maximum Gasteiger partial charge on any atom is 0.407 e. The second kappa shape index (κ2) is 9.99. The first-order chi connectivity index (χ1) is 15.3. The van der Waals surface area contributed by atoms with Crippen molar-refractivity contribution in [2.75, 3.05) is 0 Å². The van der Waals surface area contributed by atoms with Crippen LogP contribution in [0.15, 0.2) is 29.3 Å². The number of aromatic nitrogens is 1. The molecule has 0 spiro atoms. The Morgan fingerprint density at radius 3 is 2.48 bits per heavy atom. The van der Waals surface area contributed by atoms with Crippen LogP contribution < -0.4 is 10.0 Å². The van der Waals surface area contributed by atoms with Crippen LogP contribution in [-0.4, -0.2) is 42.3 Å². The van der Waals surface area contributed by atoms with Crippen molar-refractivity contribution >= 4 is 27.5 Å². The Hall–Kier alpha value is -2.17. The van der Waals surface area contributed by atoms with E-state index in [0.29, 0.717) is 5.56 Å². The Morgan fingerprint density at radius 2 is 1.88 bits per heavy atom. The van der Waals surface area contributed by atoms with Gasteiger partial charge in [0.1, 0.15) is 5.75 Å². The van der Waals surface area contributed by atoms with Gasteiger partial charge in [0.25, 0.3) is 0 Å². The molecule has 1 aromatic carbocycles. The van der Waals surface area contributed by atoms with Crippen molar-refractivity contribution in [3.8, 4) is 16.2 Å². The first kappa shape index (κ1) is 25.5. The molecule has 1 fully saturated rings. The average Bonchev–Trinajstić information content (AvgIpc) is 3.16. The summed E-state index contributed by atoms with van der Waals surface area (Å²) in [6.07, 6.45) is 4.60. The van der Waals surface area contributed by atoms with E-state index in [-0.39, 0.29) is 34.8 Å². The molecule has 1 heterocycles. The molecule has 1 saturated carbocycles. The minimum Gasteiger partial charge on any atom is -0.508 e. The monoisotopic (exact) mass is 495 g/mol. The highest BCUT2D eigenvalue weighted by atomic mass is 32.2. The fourth-order valence-corrected chi connectivity index (χ4v) is 6.75. The van der Waals surface area contributed by atoms with E-state index in [4.69, 9.17) is 4.74 Å². The molecule has 1 amide bonds. The van der Waals surface area contributed by atoms with Gasteiger partial charge in [-0.1, -0.05) is 0 Å². The number of sulfonamides is 1. The van der Waals surface area contributed by atoms with E-state index in [1.807, 2.05) is 13.8 Å². The molecule has 33 heavy (non-hydrogen) atoms. The normalized spacial score (nSPS) is 19.5. The molecule has 1 aliphatic rings. The van der Waals surface area contributed by atoms with Gasteiger partial charge < -0.3 is 15.2 Å². The molecule has 0 bridgehead atoms. The molecule has 0 unspecified atom stereocenters. The Labute approximate surface area is 199 Å². The number of nitrogens with zero attached hydrogens (tertiary/aromatic N) is 1. The molecule has 3 N–H and O–H groups in total. The van der Waals surface area contributed by atoms with Gasteiger partial charge in [-0.25, -0.2) is 22.9 Å². The van der Waals surface area contributed by atoms with E-state index in [9.17, 15) is 18.3 Å². The highest BCUT2D eigenvalue weighted by Gasteiger charge is 2.29. The third kappa shape index (κ3) is 6.91. The third-order valence-corrected chi connectivity index (χ3v) is 8.22. The quantitative estimate of drug-likeness (QED) is 0.532. The van der Waals surface area contributed by atoms with Crippen molar-refractivity contribution < 1.29 is 23.1 Å². The predicted molar refractivity (Wildman–Crippen MR) is 129 cm³/mol. The van der Waals surface area contributed by atoms with Crippen LogP contribution in [0.25, 0.3) is 10.4 Å². The number of nitrogens with one attached hydrogen (secondary N) is 2. The van der Waals surface area contributed by atoms with Crippen LogP contribution in [0, 0.1) is 0 Å². The van der Waals surface area contributed by atoms with Crippen molar-refractivity contribution in [2.45, 2.75) is 88.8 Å². The lowest BCUT2D eigenvalue weighted by Crippen LogP contribution is -2.40. The van der Waals surface area contributed by atoms with Crippen molar-refractivity contribution in [3.05, 3.63) is 29.4 Å². The van der Waals surface area contributed by atoms with Gasteiger partial charge in [-0.2, -0.15) is 0 Å². The number of amides is 1. The van der Waals surface area contributed by atoms with Gasteiger partial charge in [-0.3, -0.25) is 0 Å². The molecule has 0 aliphatic heterocycles. The summed E-state index contributed by atoms with van der Waals surface area (Å²) < 4.78 is 33.8. The van der Waals surface area contributed by atoms with Gasteiger partial charge in [-0.05, 0) is 72.4 Å². The maximum absolute atomic E-state index is 13.0. The second-order valence-corrected chi connectivity index (χ2v) is 12.5. The fourth-order valence-electron chi connectivity index (χ4n) is 3.90. The summed E-state index contributed by atoms with van der Waals surface area (Å²) in [5.74, 6) is 0.146. The van der Waals surface area contributed by atoms with E-state index in [1.54, 1.807) is 33.0 Å². The lowest BCUT2D eigenvalue weighted by atomic mass is 9.86. The molecule has 1 aromatic heterocycles. The summed E-state index contributed by atoms with van der Waals surface area (Å²) >= 11 is 1.47. The number of carbonyl (C=O) groups is 1. The number of thiazole rings is 1. The zero-order valence-electron chi connectivity index (χ0n) is 19.7. The molecule has 8 nitrogen and oxygen atoms in total. The summed E-state index contributed by atoms with van der Waals surface area (Å²) in [7, 11) is -3.85. The number of carbonyl (C=O) groups excluding carboxylic acids is 1. The maximum atomic E-state index is 13.0. The van der Waals surface area contributed by atoms with Crippen molar-refractivity contribution in [1.29, 1.82) is 0 Å². The highest BCUT2D eigenvalue weighted by Crippen LogP contribution is 2.40. The van der Waals surface area contributed by atoms with Crippen molar-refractivity contribution in [1.82, 2.24) is 15.0 Å². The predicted octanol–water partition coefficient (Wildman–Crippen LogP) is 4.75. The summed E-state index contributed by atoms with van der Waals surface area (Å²) in [6.45, 7) is 8.95. The van der Waals surface area contributed by atoms with Crippen LogP contribution in [0.3, 0.4) is 0 Å². The zero-order valence-corrected chi connectivity index (χ0v) is 21.3. The first-order valence-corrected chi connectivity index (χ1v) is 13.4. The molecule has 3 rings (SSSR count). The second-order valence-electron chi connectivity index (χ2n) is 9.75. The minimum absolute atomic E-state index is 0.0317. The lowest BCUT2D eigenvalue weighted by Gasteiger charge is -2.28. The first-order valence-electron chi connectivity index (χ1n) is 11.1. The number of hydrogen-bond acceptors (Lipinski definition) is 7. The van der Waals surface area contributed by atoms with E-state index in [0.717, 1.165) is 35.6 Å². The van der Waals surface area contributed by atoms with Crippen LogP contribution in [0.2, 0.25) is 0 Å². The van der Waals surface area contributed by atoms with Gasteiger partial charge >= 0.3 is 6.09 Å². The van der Waals surface area contributed by atoms with E-state index >= 15 is 0 Å². The number of alkyl carbamates (subject to hydrolysis) is 1. The van der Waals surface area contributed by atoms with Gasteiger partial charge in [0.15, 0.2) is 0 Å². The van der Waals surface area contributed by atoms with Gasteiger partial charge in [0.05, 0.1) is 20.9 Å². The van der Waals surface area contributed by atoms with Crippen LogP contribution in [0.4, 0.5) is 4.79 Å². The molecule has 0 atom stereocenters. The third-order valence-electron chi connectivity index (χ3n) is 5.23. The van der Waals surface area contributed by atoms with Crippen LogP contribution in [0.5, 0.6) is 5.75 Å². The minimum atomic E-state index is -3.85. The Morgan fingerprint density at radius 1 is 1.21 bits per heavy atom. The van der Waals surface area contributed by atoms with Crippen LogP contribution in [-0.2, 0) is 14.8 Å². The number of rotatable bonds is 6. The topological polar surface area (TPSA) is 118 Å². The Kier molecular flexibility index (Phi) is 7.70. The Bertz CT molecular complexity index is 1080. The van der Waals surface area contributed by atoms with E-state index in [1.165, 1.54) is 23.5 Å².